The van der Waals surface area contributed by atoms with Crippen LogP contribution in [0, 0.1) is 18.2 Å². The first-order chi connectivity index (χ1) is 20.7. The SMILES string of the molecule is [Ir+3].[c-]1c2cccc1Cc1cccc(n1)Cc1[c-]c(ccc1)C2.[c-]1c2cccc1Cc1cccc(n1)Cc1cccc(n1)C2. The molecular weight excluding hydrogens is 703 g/mol. The van der Waals surface area contributed by atoms with Crippen LogP contribution in [0.5, 0.6) is 0 Å². The quantitative estimate of drug-likeness (QED) is 0.156. The molecule has 43 heavy (non-hydrogen) atoms. The van der Waals surface area contributed by atoms with Crippen LogP contribution in [-0.2, 0) is 58.6 Å². The van der Waals surface area contributed by atoms with Crippen LogP contribution in [0.4, 0.5) is 0 Å². The molecule has 3 aromatic heterocycles. The van der Waals surface area contributed by atoms with Gasteiger partial charge >= 0.3 is 20.1 Å². The molecule has 0 saturated heterocycles. The molecule has 0 spiro atoms. The number of hydrogen-bond acceptors (Lipinski definition) is 3. The molecule has 5 heterocycles. The van der Waals surface area contributed by atoms with Gasteiger partial charge in [0, 0.05) is 40.6 Å². The van der Waals surface area contributed by atoms with Gasteiger partial charge in [0.15, 0.2) is 0 Å². The average molecular weight is 733 g/mol. The average Bonchev–Trinajstić information content (AvgIpc) is 2.98. The second-order valence-electron chi connectivity index (χ2n) is 11.0. The van der Waals surface area contributed by atoms with Crippen molar-refractivity contribution in [3.8, 4) is 0 Å². The molecule has 0 amide bonds. The molecule has 0 radical (unpaired) electrons. The Balaban J connectivity index is 0.000000150. The van der Waals surface area contributed by atoms with Crippen molar-refractivity contribution in [1.29, 1.82) is 0 Å². The third-order valence-electron chi connectivity index (χ3n) is 7.57. The number of fused-ring (bicyclic) bond motifs is 12. The molecule has 0 fully saturated rings. The molecule has 4 heteroatoms. The topological polar surface area (TPSA) is 38.7 Å². The maximum Gasteiger partial charge on any atom is 3.00 e. The minimum atomic E-state index is 0. The van der Waals surface area contributed by atoms with E-state index in [1.54, 1.807) is 0 Å². The monoisotopic (exact) mass is 733 g/mol. The number of benzene rings is 3. The number of aromatic nitrogens is 3. The van der Waals surface area contributed by atoms with E-state index >= 15 is 0 Å². The van der Waals surface area contributed by atoms with Gasteiger partial charge in [-0.05, 0) is 68.5 Å². The molecule has 2 aliphatic heterocycles. The van der Waals surface area contributed by atoms with Crippen LogP contribution in [0.15, 0.2) is 109 Å². The minimum Gasteiger partial charge on any atom is -0.257 e. The first-order valence-electron chi connectivity index (χ1n) is 14.5. The molecule has 6 aromatic rings. The molecule has 0 N–H and O–H groups in total. The summed E-state index contributed by atoms with van der Waals surface area (Å²) in [4.78, 5) is 14.3. The van der Waals surface area contributed by atoms with E-state index in [2.05, 4.69) is 127 Å². The Hall–Kier alpha value is -4.24. The van der Waals surface area contributed by atoms with Crippen molar-refractivity contribution in [3.05, 3.63) is 195 Å². The summed E-state index contributed by atoms with van der Waals surface area (Å²) in [7, 11) is 0. The zero-order valence-electron chi connectivity index (χ0n) is 23.8. The Morgan fingerprint density at radius 2 is 0.535 bits per heavy atom. The first-order valence-corrected chi connectivity index (χ1v) is 14.5. The fraction of sp³-hybridized carbons (Fsp3) is 0.154. The largest absolute Gasteiger partial charge is 3.00 e. The predicted octanol–water partition coefficient (Wildman–Crippen LogP) is 7.13. The normalized spacial score (nSPS) is 12.8. The zero-order valence-corrected chi connectivity index (χ0v) is 26.2. The number of pyridine rings is 3. The van der Waals surface area contributed by atoms with Gasteiger partial charge in [0.2, 0.25) is 0 Å². The second-order valence-corrected chi connectivity index (χ2v) is 11.0. The maximum atomic E-state index is 4.77. The predicted molar refractivity (Wildman–Crippen MR) is 165 cm³/mol. The Morgan fingerprint density at radius 1 is 0.302 bits per heavy atom. The Bertz CT molecular complexity index is 1410. The summed E-state index contributed by atoms with van der Waals surface area (Å²) < 4.78 is 0. The van der Waals surface area contributed by atoms with E-state index in [9.17, 15) is 0 Å². The minimum absolute atomic E-state index is 0. The zero-order chi connectivity index (χ0) is 28.1. The molecule has 12 bridgehead atoms. The van der Waals surface area contributed by atoms with Crippen molar-refractivity contribution in [1.82, 2.24) is 15.0 Å². The third kappa shape index (κ3) is 7.59. The van der Waals surface area contributed by atoms with Crippen LogP contribution < -0.4 is 0 Å². The van der Waals surface area contributed by atoms with Gasteiger partial charge in [0.25, 0.3) is 0 Å². The summed E-state index contributed by atoms with van der Waals surface area (Å²) in [6, 6.07) is 48.4. The molecule has 0 unspecified atom stereocenters. The Kier molecular flexibility index (Phi) is 8.98. The van der Waals surface area contributed by atoms with E-state index in [-0.39, 0.29) is 20.1 Å². The van der Waals surface area contributed by atoms with Crippen molar-refractivity contribution in [2.24, 2.45) is 0 Å². The van der Waals surface area contributed by atoms with Gasteiger partial charge in [-0.15, -0.1) is 0 Å². The molecule has 210 valence electrons. The summed E-state index contributed by atoms with van der Waals surface area (Å²) >= 11 is 0. The van der Waals surface area contributed by atoms with Gasteiger partial charge in [-0.2, -0.15) is 106 Å². The van der Waals surface area contributed by atoms with Crippen LogP contribution in [0.3, 0.4) is 0 Å². The Morgan fingerprint density at radius 3 is 0.837 bits per heavy atom. The van der Waals surface area contributed by atoms with Crippen molar-refractivity contribution < 1.29 is 20.1 Å². The number of rotatable bonds is 0. The maximum absolute atomic E-state index is 4.77. The molecule has 3 aromatic carbocycles. The van der Waals surface area contributed by atoms with Crippen LogP contribution in [0.25, 0.3) is 0 Å². The van der Waals surface area contributed by atoms with Crippen LogP contribution >= 0.6 is 0 Å². The third-order valence-corrected chi connectivity index (χ3v) is 7.57. The summed E-state index contributed by atoms with van der Waals surface area (Å²) in [5, 5.41) is 0. The molecule has 2 aliphatic rings. The molecule has 8 rings (SSSR count). The van der Waals surface area contributed by atoms with Crippen molar-refractivity contribution in [2.75, 3.05) is 0 Å². The van der Waals surface area contributed by atoms with Gasteiger partial charge in [0.05, 0.1) is 0 Å². The molecular formula is C39H30IrN3. The van der Waals surface area contributed by atoms with E-state index in [4.69, 9.17) is 15.0 Å². The molecule has 0 aliphatic carbocycles. The van der Waals surface area contributed by atoms with Gasteiger partial charge in [-0.25, -0.2) is 0 Å². The van der Waals surface area contributed by atoms with Gasteiger partial charge in [-0.3, -0.25) is 15.0 Å². The fourth-order valence-corrected chi connectivity index (χ4v) is 5.68. The van der Waals surface area contributed by atoms with Gasteiger partial charge in [0.1, 0.15) is 0 Å². The first kappa shape index (κ1) is 28.9. The summed E-state index contributed by atoms with van der Waals surface area (Å²) in [6.45, 7) is 0. The molecule has 3 nitrogen and oxygen atoms in total. The summed E-state index contributed by atoms with van der Waals surface area (Å²) in [5.41, 5.74) is 13.8. The smallest absolute Gasteiger partial charge is 0.257 e. The van der Waals surface area contributed by atoms with E-state index in [1.165, 1.54) is 33.4 Å². The van der Waals surface area contributed by atoms with Crippen LogP contribution in [0.1, 0.15) is 67.5 Å². The van der Waals surface area contributed by atoms with Crippen LogP contribution in [0.2, 0.25) is 0 Å². The van der Waals surface area contributed by atoms with Crippen LogP contribution in [-0.4, -0.2) is 15.0 Å². The van der Waals surface area contributed by atoms with Crippen molar-refractivity contribution >= 4 is 0 Å². The second kappa shape index (κ2) is 13.4. The van der Waals surface area contributed by atoms with E-state index in [1.807, 2.05) is 0 Å². The molecule has 0 saturated carbocycles. The number of hydrogen-bond donors (Lipinski definition) is 0. The van der Waals surface area contributed by atoms with Gasteiger partial charge in [-0.1, -0.05) is 18.2 Å². The standard InChI is InChI=1S/C20H15N.C19H15N2.Ir/c1-4-15-10-16-5-2-7-18(12-16)14-20-9-3-8-19(21-20)13-17(6-1)11-15;1-4-14-10-15(5-1)12-17-7-3-9-19(21-17)13-18-8-2-6-16(11-14)20-18;/h1-9H,10,13-14H2;1-9H,11-13H2;/q-2;-1;+3. The van der Waals surface area contributed by atoms with E-state index in [0.29, 0.717) is 0 Å². The molecule has 0 atom stereocenters. The summed E-state index contributed by atoms with van der Waals surface area (Å²) in [5.74, 6) is 0. The van der Waals surface area contributed by atoms with E-state index in [0.717, 1.165) is 72.7 Å². The number of nitrogens with zero attached hydrogens (tertiary/aromatic N) is 3. The van der Waals surface area contributed by atoms with Crippen molar-refractivity contribution in [2.45, 2.75) is 38.5 Å². The van der Waals surface area contributed by atoms with E-state index < -0.39 is 0 Å². The van der Waals surface area contributed by atoms with Gasteiger partial charge < -0.3 is 0 Å². The van der Waals surface area contributed by atoms with Crippen molar-refractivity contribution in [3.63, 3.8) is 0 Å². The summed E-state index contributed by atoms with van der Waals surface area (Å²) in [6.07, 6.45) is 5.05. The fourth-order valence-electron chi connectivity index (χ4n) is 5.68. The Labute approximate surface area is 267 Å².